The maximum absolute atomic E-state index is 11.5. The summed E-state index contributed by atoms with van der Waals surface area (Å²) in [5, 5.41) is 3.36. The van der Waals surface area contributed by atoms with Crippen LogP contribution in [-0.4, -0.2) is 11.7 Å². The lowest BCUT2D eigenvalue weighted by molar-refractivity contribution is -0.119. The molecule has 0 aliphatic heterocycles. The molecule has 110 valence electrons. The van der Waals surface area contributed by atoms with E-state index in [0.29, 0.717) is 35.8 Å². The van der Waals surface area contributed by atoms with Crippen LogP contribution in [0.4, 0.5) is 5.69 Å². The van der Waals surface area contributed by atoms with E-state index in [-0.39, 0.29) is 5.91 Å². The first-order valence-corrected chi connectivity index (χ1v) is 7.55. The molecule has 0 saturated heterocycles. The normalized spacial score (nSPS) is 10.3. The highest BCUT2D eigenvalue weighted by Gasteiger charge is 2.09. The summed E-state index contributed by atoms with van der Waals surface area (Å²) >= 11 is 6.29. The van der Waals surface area contributed by atoms with Crippen molar-refractivity contribution in [3.8, 4) is 0 Å². The van der Waals surface area contributed by atoms with Crippen LogP contribution < -0.4 is 5.32 Å². The van der Waals surface area contributed by atoms with Gasteiger partial charge in [-0.15, -0.1) is 0 Å². The minimum absolute atomic E-state index is 0.0535. The number of benzene rings is 1. The van der Waals surface area contributed by atoms with E-state index in [0.717, 1.165) is 24.8 Å². The topological polar surface area (TPSA) is 46.2 Å². The van der Waals surface area contributed by atoms with Crippen LogP contribution in [0.25, 0.3) is 0 Å². The lowest BCUT2D eigenvalue weighted by atomic mass is 10.0. The molecule has 1 aromatic rings. The molecule has 0 spiro atoms. The summed E-state index contributed by atoms with van der Waals surface area (Å²) in [6.45, 7) is 3.81. The number of ketones is 1. The number of hydrogen-bond acceptors (Lipinski definition) is 2. The number of hydrogen-bond donors (Lipinski definition) is 1. The average molecular weight is 296 g/mol. The van der Waals surface area contributed by atoms with Gasteiger partial charge < -0.3 is 5.32 Å². The molecule has 4 heteroatoms. The molecule has 0 unspecified atom stereocenters. The van der Waals surface area contributed by atoms with Crippen LogP contribution in [0.15, 0.2) is 18.2 Å². The van der Waals surface area contributed by atoms with E-state index < -0.39 is 0 Å². The third-order valence-electron chi connectivity index (χ3n) is 3.10. The zero-order chi connectivity index (χ0) is 15.0. The number of anilines is 1. The molecule has 0 aliphatic carbocycles. The molecular formula is C16H22ClNO2. The molecule has 1 amide bonds. The first-order valence-electron chi connectivity index (χ1n) is 7.17. The Morgan fingerprint density at radius 1 is 1.20 bits per heavy atom. The Morgan fingerprint density at radius 3 is 2.60 bits per heavy atom. The molecule has 0 heterocycles. The molecule has 20 heavy (non-hydrogen) atoms. The van der Waals surface area contributed by atoms with Crippen LogP contribution in [0.5, 0.6) is 0 Å². The maximum Gasteiger partial charge on any atom is 0.224 e. The van der Waals surface area contributed by atoms with Crippen LogP contribution in [0.1, 0.15) is 51.5 Å². The van der Waals surface area contributed by atoms with Gasteiger partial charge in [0, 0.05) is 19.3 Å². The first kappa shape index (κ1) is 16.7. The molecule has 0 saturated carbocycles. The standard InChI is InChI=1S/C16H22ClNO2/c1-3-7-13(19)10-5-8-12-9-6-11-14(16(12)17)18-15(20)4-2/h6,9,11H,3-5,7-8,10H2,1-2H3,(H,18,20). The Bertz CT molecular complexity index is 472. The first-order chi connectivity index (χ1) is 9.58. The quantitative estimate of drug-likeness (QED) is 0.773. The average Bonchev–Trinajstić information content (AvgIpc) is 2.43. The number of carbonyl (C=O) groups is 2. The number of rotatable bonds is 8. The largest absolute Gasteiger partial charge is 0.325 e. The van der Waals surface area contributed by atoms with Crippen LogP contribution in [0.2, 0.25) is 5.02 Å². The number of carbonyl (C=O) groups excluding carboxylic acids is 2. The van der Waals surface area contributed by atoms with Crippen molar-refractivity contribution in [2.24, 2.45) is 0 Å². The number of halogens is 1. The lowest BCUT2D eigenvalue weighted by Gasteiger charge is -2.10. The lowest BCUT2D eigenvalue weighted by Crippen LogP contribution is -2.10. The van der Waals surface area contributed by atoms with E-state index in [1.54, 1.807) is 13.0 Å². The van der Waals surface area contributed by atoms with Gasteiger partial charge in [-0.1, -0.05) is 37.6 Å². The summed E-state index contributed by atoms with van der Waals surface area (Å²) in [4.78, 5) is 22.9. The van der Waals surface area contributed by atoms with Crippen molar-refractivity contribution in [1.82, 2.24) is 0 Å². The minimum atomic E-state index is -0.0535. The summed E-state index contributed by atoms with van der Waals surface area (Å²) in [7, 11) is 0. The van der Waals surface area contributed by atoms with Crippen LogP contribution in [0, 0.1) is 0 Å². The van der Waals surface area contributed by atoms with E-state index >= 15 is 0 Å². The van der Waals surface area contributed by atoms with Gasteiger partial charge in [-0.05, 0) is 30.9 Å². The third-order valence-corrected chi connectivity index (χ3v) is 3.55. The minimum Gasteiger partial charge on any atom is -0.325 e. The summed E-state index contributed by atoms with van der Waals surface area (Å²) in [5.41, 5.74) is 1.63. The van der Waals surface area contributed by atoms with E-state index in [1.807, 2.05) is 19.1 Å². The maximum atomic E-state index is 11.5. The highest BCUT2D eigenvalue weighted by Crippen LogP contribution is 2.27. The Balaban J connectivity index is 2.60. The van der Waals surface area contributed by atoms with Gasteiger partial charge >= 0.3 is 0 Å². The second-order valence-corrected chi connectivity index (χ2v) is 5.20. The van der Waals surface area contributed by atoms with Crippen molar-refractivity contribution < 1.29 is 9.59 Å². The molecule has 0 aliphatic rings. The molecule has 0 aromatic heterocycles. The molecule has 0 fully saturated rings. The number of amides is 1. The van der Waals surface area contributed by atoms with Crippen LogP contribution >= 0.6 is 11.6 Å². The Kier molecular flexibility index (Phi) is 7.31. The fourth-order valence-corrected chi connectivity index (χ4v) is 2.26. The molecular weight excluding hydrogens is 274 g/mol. The van der Waals surface area contributed by atoms with Crippen molar-refractivity contribution in [3.05, 3.63) is 28.8 Å². The molecule has 3 nitrogen and oxygen atoms in total. The molecule has 1 aromatic carbocycles. The predicted octanol–water partition coefficient (Wildman–Crippen LogP) is 4.38. The van der Waals surface area contributed by atoms with Gasteiger partial charge in [0.05, 0.1) is 10.7 Å². The zero-order valence-electron chi connectivity index (χ0n) is 12.2. The van der Waals surface area contributed by atoms with Gasteiger partial charge in [-0.3, -0.25) is 9.59 Å². The van der Waals surface area contributed by atoms with E-state index in [1.165, 1.54) is 0 Å². The summed E-state index contributed by atoms with van der Waals surface area (Å²) in [5.74, 6) is 0.251. The van der Waals surface area contributed by atoms with Gasteiger partial charge in [0.2, 0.25) is 5.91 Å². The number of aryl methyl sites for hydroxylation is 1. The molecule has 0 atom stereocenters. The van der Waals surface area contributed by atoms with Gasteiger partial charge in [0.25, 0.3) is 0 Å². The van der Waals surface area contributed by atoms with Gasteiger partial charge in [-0.2, -0.15) is 0 Å². The monoisotopic (exact) mass is 295 g/mol. The summed E-state index contributed by atoms with van der Waals surface area (Å²) in [6, 6.07) is 5.61. The predicted molar refractivity (Wildman–Crippen MR) is 83.2 cm³/mol. The fourth-order valence-electron chi connectivity index (χ4n) is 1.99. The van der Waals surface area contributed by atoms with E-state index in [9.17, 15) is 9.59 Å². The van der Waals surface area contributed by atoms with Crippen molar-refractivity contribution in [2.75, 3.05) is 5.32 Å². The molecule has 1 N–H and O–H groups in total. The highest BCUT2D eigenvalue weighted by atomic mass is 35.5. The van der Waals surface area contributed by atoms with Gasteiger partial charge in [0.15, 0.2) is 0 Å². The molecule has 0 radical (unpaired) electrons. The Labute approximate surface area is 125 Å². The van der Waals surface area contributed by atoms with Gasteiger partial charge in [0.1, 0.15) is 5.78 Å². The number of nitrogens with one attached hydrogen (secondary N) is 1. The highest BCUT2D eigenvalue weighted by molar-refractivity contribution is 6.34. The van der Waals surface area contributed by atoms with Crippen molar-refractivity contribution in [1.29, 1.82) is 0 Å². The SMILES string of the molecule is CCCC(=O)CCCc1cccc(NC(=O)CC)c1Cl. The second kappa shape index (κ2) is 8.75. The smallest absolute Gasteiger partial charge is 0.224 e. The summed E-state index contributed by atoms with van der Waals surface area (Å²) < 4.78 is 0. The van der Waals surface area contributed by atoms with E-state index in [2.05, 4.69) is 5.32 Å². The number of Topliss-reactive ketones (excluding diaryl/α,β-unsaturated/α-hetero) is 1. The zero-order valence-corrected chi connectivity index (χ0v) is 12.9. The van der Waals surface area contributed by atoms with Gasteiger partial charge in [-0.25, -0.2) is 0 Å². The Hall–Kier alpha value is -1.35. The van der Waals surface area contributed by atoms with Crippen molar-refractivity contribution in [3.63, 3.8) is 0 Å². The molecule has 0 bridgehead atoms. The van der Waals surface area contributed by atoms with E-state index in [4.69, 9.17) is 11.6 Å². The fraction of sp³-hybridized carbons (Fsp3) is 0.500. The van der Waals surface area contributed by atoms with Crippen molar-refractivity contribution >= 4 is 29.0 Å². The van der Waals surface area contributed by atoms with Crippen molar-refractivity contribution in [2.45, 2.75) is 52.4 Å². The Morgan fingerprint density at radius 2 is 1.95 bits per heavy atom. The third kappa shape index (κ3) is 5.33. The van der Waals surface area contributed by atoms with Crippen LogP contribution in [0.3, 0.4) is 0 Å². The molecule has 1 rings (SSSR count). The second-order valence-electron chi connectivity index (χ2n) is 4.82. The summed E-state index contributed by atoms with van der Waals surface area (Å²) in [6.07, 6.45) is 4.12. The van der Waals surface area contributed by atoms with Crippen LogP contribution in [-0.2, 0) is 16.0 Å².